The van der Waals surface area contributed by atoms with E-state index in [1.165, 1.54) is 5.56 Å². The van der Waals surface area contributed by atoms with Crippen molar-refractivity contribution in [2.75, 3.05) is 27.9 Å². The van der Waals surface area contributed by atoms with Crippen molar-refractivity contribution >= 4 is 0 Å². The average molecular weight is 331 g/mol. The molecule has 0 unspecified atom stereocenters. The highest BCUT2D eigenvalue weighted by Crippen LogP contribution is 2.39. The molecule has 2 rings (SSSR count). The van der Waals surface area contributed by atoms with Crippen molar-refractivity contribution in [1.82, 2.24) is 5.32 Å². The third-order valence-electron chi connectivity index (χ3n) is 3.64. The summed E-state index contributed by atoms with van der Waals surface area (Å²) in [6, 6.07) is 11.9. The van der Waals surface area contributed by atoms with E-state index in [1.54, 1.807) is 21.3 Å². The zero-order valence-corrected chi connectivity index (χ0v) is 14.7. The summed E-state index contributed by atoms with van der Waals surface area (Å²) in [6.07, 6.45) is 0. The van der Waals surface area contributed by atoms with Gasteiger partial charge in [0.15, 0.2) is 11.5 Å². The van der Waals surface area contributed by atoms with Gasteiger partial charge in [0, 0.05) is 18.7 Å². The predicted octanol–water partition coefficient (Wildman–Crippen LogP) is 3.40. The Bertz CT molecular complexity index is 658. The second-order valence-electron chi connectivity index (χ2n) is 5.18. The van der Waals surface area contributed by atoms with Crippen LogP contribution in [0.3, 0.4) is 0 Å². The van der Waals surface area contributed by atoms with Crippen LogP contribution in [0.15, 0.2) is 36.4 Å². The van der Waals surface area contributed by atoms with Gasteiger partial charge >= 0.3 is 0 Å². The van der Waals surface area contributed by atoms with Crippen LogP contribution < -0.4 is 24.3 Å². The Kier molecular flexibility index (Phi) is 6.75. The molecule has 0 radical (unpaired) electrons. The van der Waals surface area contributed by atoms with Crippen molar-refractivity contribution in [1.29, 1.82) is 0 Å². The topological polar surface area (TPSA) is 49.0 Å². The van der Waals surface area contributed by atoms with Gasteiger partial charge in [-0.1, -0.05) is 18.2 Å². The molecule has 0 fully saturated rings. The maximum Gasteiger partial charge on any atom is 0.203 e. The molecule has 0 aliphatic rings. The molecule has 0 saturated heterocycles. The Hall–Kier alpha value is -2.40. The SMILES string of the molecule is CCOc1cccc(CNCc2ccc(OC)c(OC)c2OC)c1. The molecule has 0 aliphatic heterocycles. The summed E-state index contributed by atoms with van der Waals surface area (Å²) in [7, 11) is 4.85. The number of ether oxygens (including phenoxy) is 4. The minimum atomic E-state index is 0.609. The first-order valence-corrected chi connectivity index (χ1v) is 7.93. The first kappa shape index (κ1) is 17.9. The van der Waals surface area contributed by atoms with E-state index >= 15 is 0 Å². The quantitative estimate of drug-likeness (QED) is 0.763. The van der Waals surface area contributed by atoms with Crippen LogP contribution in [-0.2, 0) is 13.1 Å². The van der Waals surface area contributed by atoms with Crippen LogP contribution in [0.5, 0.6) is 23.0 Å². The van der Waals surface area contributed by atoms with E-state index in [0.29, 0.717) is 30.4 Å². The van der Waals surface area contributed by atoms with Gasteiger partial charge in [0.1, 0.15) is 5.75 Å². The largest absolute Gasteiger partial charge is 0.494 e. The number of hydrogen-bond acceptors (Lipinski definition) is 5. The van der Waals surface area contributed by atoms with E-state index in [9.17, 15) is 0 Å². The zero-order valence-electron chi connectivity index (χ0n) is 14.7. The summed E-state index contributed by atoms with van der Waals surface area (Å²) in [5.41, 5.74) is 2.18. The van der Waals surface area contributed by atoms with Gasteiger partial charge in [-0.25, -0.2) is 0 Å². The molecule has 0 heterocycles. The second kappa shape index (κ2) is 9.03. The summed E-state index contributed by atoms with van der Waals surface area (Å²) >= 11 is 0. The molecule has 0 saturated carbocycles. The van der Waals surface area contributed by atoms with Gasteiger partial charge < -0.3 is 24.3 Å². The number of benzene rings is 2. The molecule has 130 valence electrons. The molecule has 24 heavy (non-hydrogen) atoms. The lowest BCUT2D eigenvalue weighted by atomic mass is 10.1. The van der Waals surface area contributed by atoms with Gasteiger partial charge in [-0.2, -0.15) is 0 Å². The van der Waals surface area contributed by atoms with E-state index in [1.807, 2.05) is 37.3 Å². The molecule has 0 bridgehead atoms. The average Bonchev–Trinajstić information content (AvgIpc) is 2.61. The van der Waals surface area contributed by atoms with E-state index in [-0.39, 0.29) is 0 Å². The smallest absolute Gasteiger partial charge is 0.203 e. The van der Waals surface area contributed by atoms with Crippen molar-refractivity contribution in [3.8, 4) is 23.0 Å². The van der Waals surface area contributed by atoms with Crippen LogP contribution in [0, 0.1) is 0 Å². The van der Waals surface area contributed by atoms with E-state index < -0.39 is 0 Å². The lowest BCUT2D eigenvalue weighted by Crippen LogP contribution is -2.14. The molecule has 2 aromatic carbocycles. The zero-order chi connectivity index (χ0) is 17.4. The number of methoxy groups -OCH3 is 3. The summed E-state index contributed by atoms with van der Waals surface area (Å²) in [6.45, 7) is 4.04. The lowest BCUT2D eigenvalue weighted by molar-refractivity contribution is 0.321. The molecule has 0 spiro atoms. The van der Waals surface area contributed by atoms with E-state index in [2.05, 4.69) is 11.4 Å². The van der Waals surface area contributed by atoms with Crippen LogP contribution >= 0.6 is 0 Å². The fourth-order valence-electron chi connectivity index (χ4n) is 2.56. The minimum absolute atomic E-state index is 0.609. The highest BCUT2D eigenvalue weighted by Gasteiger charge is 2.15. The van der Waals surface area contributed by atoms with Crippen LogP contribution in [0.4, 0.5) is 0 Å². The second-order valence-corrected chi connectivity index (χ2v) is 5.18. The number of hydrogen-bond donors (Lipinski definition) is 1. The van der Waals surface area contributed by atoms with Gasteiger partial charge in [-0.05, 0) is 30.7 Å². The van der Waals surface area contributed by atoms with Gasteiger partial charge in [-0.3, -0.25) is 0 Å². The molecule has 2 aromatic rings. The van der Waals surface area contributed by atoms with Crippen LogP contribution in [0.1, 0.15) is 18.1 Å². The molecule has 5 heteroatoms. The first-order chi connectivity index (χ1) is 11.7. The summed E-state index contributed by atoms with van der Waals surface area (Å²) < 4.78 is 21.7. The molecular formula is C19H25NO4. The Morgan fingerprint density at radius 2 is 1.67 bits per heavy atom. The first-order valence-electron chi connectivity index (χ1n) is 7.93. The van der Waals surface area contributed by atoms with Crippen LogP contribution in [0.25, 0.3) is 0 Å². The van der Waals surface area contributed by atoms with Crippen LogP contribution in [-0.4, -0.2) is 27.9 Å². The number of nitrogens with one attached hydrogen (secondary N) is 1. The molecule has 0 aliphatic carbocycles. The Balaban J connectivity index is 2.05. The Morgan fingerprint density at radius 1 is 0.875 bits per heavy atom. The minimum Gasteiger partial charge on any atom is -0.494 e. The molecule has 0 atom stereocenters. The maximum absolute atomic E-state index is 5.53. The van der Waals surface area contributed by atoms with Crippen molar-refractivity contribution in [3.05, 3.63) is 47.5 Å². The fraction of sp³-hybridized carbons (Fsp3) is 0.368. The highest BCUT2D eigenvalue weighted by molar-refractivity contribution is 5.55. The van der Waals surface area contributed by atoms with Crippen molar-refractivity contribution in [2.24, 2.45) is 0 Å². The molecule has 0 aromatic heterocycles. The monoisotopic (exact) mass is 331 g/mol. The summed E-state index contributed by atoms with van der Waals surface area (Å²) in [5, 5.41) is 3.42. The molecule has 1 N–H and O–H groups in total. The molecular weight excluding hydrogens is 306 g/mol. The third kappa shape index (κ3) is 4.32. The van der Waals surface area contributed by atoms with Gasteiger partial charge in [0.05, 0.1) is 27.9 Å². The van der Waals surface area contributed by atoms with E-state index in [0.717, 1.165) is 17.9 Å². The summed E-state index contributed by atoms with van der Waals surface area (Å²) in [5.74, 6) is 2.84. The van der Waals surface area contributed by atoms with Gasteiger partial charge in [-0.15, -0.1) is 0 Å². The predicted molar refractivity (Wildman–Crippen MR) is 94.3 cm³/mol. The molecule has 5 nitrogen and oxygen atoms in total. The standard InChI is InChI=1S/C19H25NO4/c1-5-24-16-8-6-7-14(11-16)12-20-13-15-9-10-17(21-2)19(23-4)18(15)22-3/h6-11,20H,5,12-13H2,1-4H3. The lowest BCUT2D eigenvalue weighted by Gasteiger charge is -2.16. The van der Waals surface area contributed by atoms with Gasteiger partial charge in [0.25, 0.3) is 0 Å². The maximum atomic E-state index is 5.53. The molecule has 0 amide bonds. The van der Waals surface area contributed by atoms with Crippen molar-refractivity contribution in [3.63, 3.8) is 0 Å². The van der Waals surface area contributed by atoms with Crippen LogP contribution in [0.2, 0.25) is 0 Å². The van der Waals surface area contributed by atoms with Gasteiger partial charge in [0.2, 0.25) is 5.75 Å². The number of rotatable bonds is 9. The van der Waals surface area contributed by atoms with E-state index in [4.69, 9.17) is 18.9 Å². The normalized spacial score (nSPS) is 10.3. The van der Waals surface area contributed by atoms with Crippen molar-refractivity contribution in [2.45, 2.75) is 20.0 Å². The Morgan fingerprint density at radius 3 is 2.33 bits per heavy atom. The fourth-order valence-corrected chi connectivity index (χ4v) is 2.56. The van der Waals surface area contributed by atoms with Crippen molar-refractivity contribution < 1.29 is 18.9 Å². The highest BCUT2D eigenvalue weighted by atomic mass is 16.5. The Labute approximate surface area is 143 Å². The third-order valence-corrected chi connectivity index (χ3v) is 3.64. The summed E-state index contributed by atoms with van der Waals surface area (Å²) in [4.78, 5) is 0.